The molecule has 0 bridgehead atoms. The molecule has 7 heavy (non-hydrogen) atoms. The van der Waals surface area contributed by atoms with Gasteiger partial charge in [-0.25, -0.2) is 0 Å². The van der Waals surface area contributed by atoms with Gasteiger partial charge in [-0.3, -0.25) is 0 Å². The molecular formula is C6H10S. The van der Waals surface area contributed by atoms with E-state index in [1.165, 1.54) is 11.5 Å². The predicted molar refractivity (Wildman–Crippen MR) is 35.6 cm³/mol. The largest absolute Gasteiger partial charge is 0.157 e. The van der Waals surface area contributed by atoms with Crippen molar-refractivity contribution in [3.63, 3.8) is 0 Å². The molecule has 0 saturated carbocycles. The van der Waals surface area contributed by atoms with Crippen molar-refractivity contribution < 1.29 is 0 Å². The van der Waals surface area contributed by atoms with Gasteiger partial charge in [-0.2, -0.15) is 11.8 Å². The molecule has 40 valence electrons. The minimum atomic E-state index is 0.818. The highest BCUT2D eigenvalue weighted by Crippen LogP contribution is 2.14. The van der Waals surface area contributed by atoms with E-state index in [1.807, 2.05) is 11.8 Å². The molecule has 1 rings (SSSR count). The summed E-state index contributed by atoms with van der Waals surface area (Å²) in [6.07, 6.45) is 4.54. The molecule has 0 N–H and O–H groups in total. The van der Waals surface area contributed by atoms with E-state index in [9.17, 15) is 0 Å². The lowest BCUT2D eigenvalue weighted by atomic mass is 10.2. The fourth-order valence-electron chi connectivity index (χ4n) is 0.665. The Morgan fingerprint density at radius 3 is 2.86 bits per heavy atom. The van der Waals surface area contributed by atoms with Crippen LogP contribution in [0.2, 0.25) is 0 Å². The molecule has 0 spiro atoms. The van der Waals surface area contributed by atoms with Gasteiger partial charge in [0, 0.05) is 5.75 Å². The summed E-state index contributed by atoms with van der Waals surface area (Å²) < 4.78 is 0. The summed E-state index contributed by atoms with van der Waals surface area (Å²) in [5, 5.41) is 0. The molecule has 1 aliphatic rings. The van der Waals surface area contributed by atoms with Crippen LogP contribution in [0.4, 0.5) is 0 Å². The topological polar surface area (TPSA) is 0 Å². The van der Waals surface area contributed by atoms with E-state index >= 15 is 0 Å². The molecule has 0 amide bonds. The van der Waals surface area contributed by atoms with E-state index < -0.39 is 0 Å². The summed E-state index contributed by atoms with van der Waals surface area (Å²) in [6.45, 7) is 2.25. The summed E-state index contributed by atoms with van der Waals surface area (Å²) >= 11 is 2.02. The zero-order chi connectivity index (χ0) is 5.11. The van der Waals surface area contributed by atoms with Gasteiger partial charge in [-0.15, -0.1) is 0 Å². The minimum Gasteiger partial charge on any atom is -0.157 e. The van der Waals surface area contributed by atoms with Gasteiger partial charge in [0.1, 0.15) is 0 Å². The van der Waals surface area contributed by atoms with Crippen molar-refractivity contribution in [2.45, 2.75) is 6.92 Å². The summed E-state index contributed by atoms with van der Waals surface area (Å²) in [6, 6.07) is 0. The first-order valence-electron chi connectivity index (χ1n) is 2.64. The van der Waals surface area contributed by atoms with Crippen LogP contribution in [0.25, 0.3) is 0 Å². The van der Waals surface area contributed by atoms with Crippen LogP contribution in [-0.2, 0) is 0 Å². The number of thioether (sulfide) groups is 1. The van der Waals surface area contributed by atoms with Gasteiger partial charge in [0.2, 0.25) is 0 Å². The molecule has 1 aliphatic heterocycles. The first-order chi connectivity index (χ1) is 3.39. The third kappa shape index (κ3) is 1.56. The highest BCUT2D eigenvalue weighted by atomic mass is 32.2. The maximum Gasteiger partial charge on any atom is 0.0113 e. The molecule has 0 nitrogen and oxygen atoms in total. The molecule has 0 fully saturated rings. The lowest BCUT2D eigenvalue weighted by molar-refractivity contribution is 0.839. The van der Waals surface area contributed by atoms with Gasteiger partial charge in [0.15, 0.2) is 0 Å². The number of hydrogen-bond donors (Lipinski definition) is 0. The number of allylic oxidation sites excluding steroid dienone is 1. The standard InChI is InChI=1S/C6H10S/c1-6-3-2-4-7-5-6/h2-3,6H,4-5H2,1H3/t6-/m1/s1. The highest BCUT2D eigenvalue weighted by Gasteiger charge is 1.99. The maximum atomic E-state index is 2.29. The molecule has 0 aromatic heterocycles. The van der Waals surface area contributed by atoms with Gasteiger partial charge < -0.3 is 0 Å². The second kappa shape index (κ2) is 2.41. The Morgan fingerprint density at radius 2 is 2.57 bits per heavy atom. The fraction of sp³-hybridized carbons (Fsp3) is 0.667. The number of hydrogen-bond acceptors (Lipinski definition) is 1. The lowest BCUT2D eigenvalue weighted by Gasteiger charge is -2.08. The summed E-state index contributed by atoms with van der Waals surface area (Å²) in [5.74, 6) is 3.36. The normalized spacial score (nSPS) is 30.7. The second-order valence-corrected chi connectivity index (χ2v) is 3.02. The van der Waals surface area contributed by atoms with E-state index in [0.717, 1.165) is 5.92 Å². The Bertz CT molecular complexity index is 76.2. The van der Waals surface area contributed by atoms with Gasteiger partial charge in [0.25, 0.3) is 0 Å². The Hall–Kier alpha value is 0.0900. The number of rotatable bonds is 0. The van der Waals surface area contributed by atoms with E-state index in [-0.39, 0.29) is 0 Å². The van der Waals surface area contributed by atoms with Crippen molar-refractivity contribution in [3.8, 4) is 0 Å². The van der Waals surface area contributed by atoms with Crippen molar-refractivity contribution in [1.29, 1.82) is 0 Å². The second-order valence-electron chi connectivity index (χ2n) is 1.94. The first kappa shape index (κ1) is 5.23. The Balaban J connectivity index is 2.36. The van der Waals surface area contributed by atoms with Gasteiger partial charge in [-0.05, 0) is 11.7 Å². The molecule has 1 atom stereocenters. The molecule has 0 unspecified atom stereocenters. The Labute approximate surface area is 49.0 Å². The minimum absolute atomic E-state index is 0.818. The first-order valence-corrected chi connectivity index (χ1v) is 3.79. The molecular weight excluding hydrogens is 104 g/mol. The predicted octanol–water partition coefficient (Wildman–Crippen LogP) is 1.93. The van der Waals surface area contributed by atoms with E-state index in [0.29, 0.717) is 0 Å². The fourth-order valence-corrected chi connectivity index (χ4v) is 1.53. The molecule has 0 aromatic carbocycles. The highest BCUT2D eigenvalue weighted by molar-refractivity contribution is 7.99. The zero-order valence-electron chi connectivity index (χ0n) is 4.55. The van der Waals surface area contributed by atoms with Crippen LogP contribution in [0.5, 0.6) is 0 Å². The zero-order valence-corrected chi connectivity index (χ0v) is 5.37. The third-order valence-electron chi connectivity index (χ3n) is 1.06. The van der Waals surface area contributed by atoms with E-state index in [2.05, 4.69) is 19.1 Å². The molecule has 1 heteroatoms. The molecule has 0 aliphatic carbocycles. The lowest BCUT2D eigenvalue weighted by Crippen LogP contribution is -1.98. The average molecular weight is 114 g/mol. The van der Waals surface area contributed by atoms with Crippen molar-refractivity contribution in [1.82, 2.24) is 0 Å². The van der Waals surface area contributed by atoms with Crippen molar-refractivity contribution in [3.05, 3.63) is 12.2 Å². The van der Waals surface area contributed by atoms with Crippen molar-refractivity contribution >= 4 is 11.8 Å². The quantitative estimate of drug-likeness (QED) is 0.434. The van der Waals surface area contributed by atoms with Crippen LogP contribution in [0.3, 0.4) is 0 Å². The van der Waals surface area contributed by atoms with Gasteiger partial charge in [0.05, 0.1) is 0 Å². The van der Waals surface area contributed by atoms with Gasteiger partial charge >= 0.3 is 0 Å². The summed E-state index contributed by atoms with van der Waals surface area (Å²) in [7, 11) is 0. The van der Waals surface area contributed by atoms with Crippen LogP contribution in [0.1, 0.15) is 6.92 Å². The molecule has 0 saturated heterocycles. The van der Waals surface area contributed by atoms with Crippen molar-refractivity contribution in [2.24, 2.45) is 5.92 Å². The van der Waals surface area contributed by atoms with Crippen LogP contribution in [0.15, 0.2) is 12.2 Å². The SMILES string of the molecule is C[C@@H]1C=CCSC1. The Morgan fingerprint density at radius 1 is 1.71 bits per heavy atom. The molecule has 0 aromatic rings. The van der Waals surface area contributed by atoms with Crippen LogP contribution >= 0.6 is 11.8 Å². The van der Waals surface area contributed by atoms with E-state index in [1.54, 1.807) is 0 Å². The summed E-state index contributed by atoms with van der Waals surface area (Å²) in [4.78, 5) is 0. The Kier molecular flexibility index (Phi) is 1.80. The van der Waals surface area contributed by atoms with E-state index in [4.69, 9.17) is 0 Å². The van der Waals surface area contributed by atoms with Crippen LogP contribution < -0.4 is 0 Å². The third-order valence-corrected chi connectivity index (χ3v) is 2.25. The molecule has 0 radical (unpaired) electrons. The van der Waals surface area contributed by atoms with Crippen LogP contribution in [-0.4, -0.2) is 11.5 Å². The summed E-state index contributed by atoms with van der Waals surface area (Å²) in [5.41, 5.74) is 0. The van der Waals surface area contributed by atoms with Gasteiger partial charge in [-0.1, -0.05) is 19.1 Å². The molecule has 1 heterocycles. The smallest absolute Gasteiger partial charge is 0.0113 e. The van der Waals surface area contributed by atoms with Crippen LogP contribution in [0, 0.1) is 5.92 Å². The average Bonchev–Trinajstić information content (AvgIpc) is 1.69. The maximum absolute atomic E-state index is 2.29. The van der Waals surface area contributed by atoms with Crippen molar-refractivity contribution in [2.75, 3.05) is 11.5 Å². The monoisotopic (exact) mass is 114 g/mol.